The molecule has 1 aromatic carbocycles. The van der Waals surface area contributed by atoms with Crippen LogP contribution in [0.15, 0.2) is 35.7 Å². The van der Waals surface area contributed by atoms with Gasteiger partial charge in [-0.05, 0) is 29.5 Å². The van der Waals surface area contributed by atoms with Crippen LogP contribution in [0, 0.1) is 10.5 Å². The van der Waals surface area contributed by atoms with Crippen LogP contribution in [0.4, 0.5) is 0 Å². The number of thiazole rings is 1. The van der Waals surface area contributed by atoms with Crippen molar-refractivity contribution in [3.8, 4) is 11.3 Å². The lowest BCUT2D eigenvalue weighted by Gasteiger charge is -2.07. The van der Waals surface area contributed by atoms with Crippen LogP contribution in [0.1, 0.15) is 16.5 Å². The van der Waals surface area contributed by atoms with E-state index in [1.54, 1.807) is 11.3 Å². The summed E-state index contributed by atoms with van der Waals surface area (Å²) in [6.07, 6.45) is 0.606. The van der Waals surface area contributed by atoms with Crippen LogP contribution in [-0.2, 0) is 6.42 Å². The van der Waals surface area contributed by atoms with Crippen molar-refractivity contribution < 1.29 is 0 Å². The lowest BCUT2D eigenvalue weighted by atomic mass is 10.1. The Bertz CT molecular complexity index is 774. The summed E-state index contributed by atoms with van der Waals surface area (Å²) in [7, 11) is 0. The fraction of sp³-hybridized carbons (Fsp3) is 0.133. The number of halogens is 2. The molecule has 0 saturated heterocycles. The Labute approximate surface area is 145 Å². The zero-order chi connectivity index (χ0) is 14.8. The third-order valence-electron chi connectivity index (χ3n) is 2.88. The third-order valence-corrected chi connectivity index (χ3v) is 5.46. The Morgan fingerprint density at radius 2 is 1.90 bits per heavy atom. The SMILES string of the molecule is Cc1csc(Cc2nc(Cl)c(I)c(-c3ccccc3)n2)n1. The average Bonchev–Trinajstić information content (AvgIpc) is 2.89. The minimum atomic E-state index is 0.493. The van der Waals surface area contributed by atoms with Gasteiger partial charge in [0, 0.05) is 16.6 Å². The minimum Gasteiger partial charge on any atom is -0.246 e. The Morgan fingerprint density at radius 3 is 2.57 bits per heavy atom. The first kappa shape index (κ1) is 14.9. The first-order valence-electron chi connectivity index (χ1n) is 6.32. The third kappa shape index (κ3) is 3.41. The van der Waals surface area contributed by atoms with Crippen molar-refractivity contribution in [1.29, 1.82) is 0 Å². The van der Waals surface area contributed by atoms with Crippen molar-refractivity contribution >= 4 is 45.5 Å². The molecule has 0 aliphatic rings. The Hall–Kier alpha value is -1.05. The fourth-order valence-corrected chi connectivity index (χ4v) is 3.46. The fourth-order valence-electron chi connectivity index (χ4n) is 1.95. The highest BCUT2D eigenvalue weighted by Crippen LogP contribution is 2.28. The topological polar surface area (TPSA) is 38.7 Å². The number of hydrogen-bond donors (Lipinski definition) is 0. The second-order valence-corrected chi connectivity index (χ2v) is 6.90. The second-order valence-electron chi connectivity index (χ2n) is 4.52. The molecule has 3 nitrogen and oxygen atoms in total. The highest BCUT2D eigenvalue weighted by atomic mass is 127. The monoisotopic (exact) mass is 427 g/mol. The van der Waals surface area contributed by atoms with E-state index in [9.17, 15) is 0 Å². The van der Waals surface area contributed by atoms with Crippen LogP contribution >= 0.6 is 45.5 Å². The molecule has 2 aromatic heterocycles. The highest BCUT2D eigenvalue weighted by Gasteiger charge is 2.13. The van der Waals surface area contributed by atoms with Gasteiger partial charge in [-0.3, -0.25) is 0 Å². The van der Waals surface area contributed by atoms with Gasteiger partial charge in [-0.1, -0.05) is 41.9 Å². The molecule has 0 aliphatic heterocycles. The minimum absolute atomic E-state index is 0.493. The van der Waals surface area contributed by atoms with E-state index in [0.29, 0.717) is 17.4 Å². The van der Waals surface area contributed by atoms with Crippen LogP contribution in [0.25, 0.3) is 11.3 Å². The van der Waals surface area contributed by atoms with E-state index in [4.69, 9.17) is 11.6 Å². The lowest BCUT2D eigenvalue weighted by Crippen LogP contribution is -2.01. The average molecular weight is 428 g/mol. The van der Waals surface area contributed by atoms with Gasteiger partial charge in [0.1, 0.15) is 16.0 Å². The summed E-state index contributed by atoms with van der Waals surface area (Å²) in [6.45, 7) is 1.98. The van der Waals surface area contributed by atoms with Gasteiger partial charge in [0.05, 0.1) is 15.7 Å². The first-order chi connectivity index (χ1) is 10.1. The van der Waals surface area contributed by atoms with Crippen LogP contribution in [-0.4, -0.2) is 15.0 Å². The van der Waals surface area contributed by atoms with Crippen LogP contribution in [0.2, 0.25) is 5.15 Å². The van der Waals surface area contributed by atoms with E-state index in [-0.39, 0.29) is 0 Å². The molecule has 0 saturated carbocycles. The van der Waals surface area contributed by atoms with Crippen molar-refractivity contribution in [1.82, 2.24) is 15.0 Å². The summed E-state index contributed by atoms with van der Waals surface area (Å²) in [5.41, 5.74) is 2.94. The van der Waals surface area contributed by atoms with Gasteiger partial charge in [0.2, 0.25) is 0 Å². The molecular weight excluding hydrogens is 417 g/mol. The van der Waals surface area contributed by atoms with E-state index in [1.165, 1.54) is 0 Å². The first-order valence-corrected chi connectivity index (χ1v) is 8.65. The summed E-state index contributed by atoms with van der Waals surface area (Å²) in [4.78, 5) is 13.5. The quantitative estimate of drug-likeness (QED) is 0.447. The number of aryl methyl sites for hydroxylation is 1. The number of aromatic nitrogens is 3. The van der Waals surface area contributed by atoms with Crippen LogP contribution < -0.4 is 0 Å². The van der Waals surface area contributed by atoms with Gasteiger partial charge < -0.3 is 0 Å². The summed E-state index contributed by atoms with van der Waals surface area (Å²) in [6, 6.07) is 10.0. The number of hydrogen-bond acceptors (Lipinski definition) is 4. The van der Waals surface area contributed by atoms with Gasteiger partial charge in [0.15, 0.2) is 0 Å². The molecule has 3 aromatic rings. The second kappa shape index (κ2) is 6.37. The highest BCUT2D eigenvalue weighted by molar-refractivity contribution is 14.1. The molecule has 0 atom stereocenters. The normalized spacial score (nSPS) is 10.8. The zero-order valence-corrected chi connectivity index (χ0v) is 14.9. The number of benzene rings is 1. The molecule has 6 heteroatoms. The van der Waals surface area contributed by atoms with Gasteiger partial charge in [-0.2, -0.15) is 0 Å². The number of nitrogens with zero attached hydrogens (tertiary/aromatic N) is 3. The summed E-state index contributed by atoms with van der Waals surface area (Å²) < 4.78 is 0.875. The molecule has 106 valence electrons. The van der Waals surface area contributed by atoms with Crippen molar-refractivity contribution in [3.05, 3.63) is 61.0 Å². The molecule has 2 heterocycles. The molecule has 0 N–H and O–H groups in total. The molecule has 21 heavy (non-hydrogen) atoms. The van der Waals surface area contributed by atoms with Gasteiger partial charge in [0.25, 0.3) is 0 Å². The Kier molecular flexibility index (Phi) is 4.51. The summed E-state index contributed by atoms with van der Waals surface area (Å²) in [5.74, 6) is 0.702. The molecular formula is C15H11ClIN3S. The van der Waals surface area contributed by atoms with E-state index in [2.05, 4.69) is 37.5 Å². The molecule has 0 unspecified atom stereocenters. The molecule has 3 rings (SSSR count). The molecule has 0 amide bonds. The molecule has 0 bridgehead atoms. The number of rotatable bonds is 3. The lowest BCUT2D eigenvalue weighted by molar-refractivity contribution is 0.950. The maximum atomic E-state index is 6.26. The smallest absolute Gasteiger partial charge is 0.146 e. The molecule has 0 fully saturated rings. The van der Waals surface area contributed by atoms with Crippen LogP contribution in [0.5, 0.6) is 0 Å². The maximum Gasteiger partial charge on any atom is 0.146 e. The van der Waals surface area contributed by atoms with E-state index >= 15 is 0 Å². The molecule has 0 radical (unpaired) electrons. The predicted molar refractivity (Wildman–Crippen MR) is 94.9 cm³/mol. The van der Waals surface area contributed by atoms with Crippen LogP contribution in [0.3, 0.4) is 0 Å². The van der Waals surface area contributed by atoms with Crippen molar-refractivity contribution in [2.75, 3.05) is 0 Å². The Morgan fingerprint density at radius 1 is 1.14 bits per heavy atom. The summed E-state index contributed by atoms with van der Waals surface area (Å²) in [5, 5.41) is 3.53. The van der Waals surface area contributed by atoms with Crippen molar-refractivity contribution in [2.24, 2.45) is 0 Å². The van der Waals surface area contributed by atoms with Gasteiger partial charge >= 0.3 is 0 Å². The van der Waals surface area contributed by atoms with Gasteiger partial charge in [-0.25, -0.2) is 15.0 Å². The summed E-state index contributed by atoms with van der Waals surface area (Å²) >= 11 is 10.1. The van der Waals surface area contributed by atoms with E-state index in [0.717, 1.165) is 25.5 Å². The van der Waals surface area contributed by atoms with Gasteiger partial charge in [-0.15, -0.1) is 11.3 Å². The standard InChI is InChI=1S/C15H11ClIN3S/c1-9-8-21-12(18-9)7-11-19-14(13(17)15(16)20-11)10-5-3-2-4-6-10/h2-6,8H,7H2,1H3. The van der Waals surface area contributed by atoms with E-state index < -0.39 is 0 Å². The Balaban J connectivity index is 2.01. The maximum absolute atomic E-state index is 6.26. The van der Waals surface area contributed by atoms with Crippen molar-refractivity contribution in [2.45, 2.75) is 13.3 Å². The molecule has 0 spiro atoms. The predicted octanol–water partition coefficient (Wildman–Crippen LogP) is 4.76. The largest absolute Gasteiger partial charge is 0.246 e. The zero-order valence-electron chi connectivity index (χ0n) is 11.2. The molecule has 0 aliphatic carbocycles. The van der Waals surface area contributed by atoms with Crippen molar-refractivity contribution in [3.63, 3.8) is 0 Å². The van der Waals surface area contributed by atoms with E-state index in [1.807, 2.05) is 42.6 Å².